The molecule has 0 bridgehead atoms. The molecule has 0 amide bonds. The summed E-state index contributed by atoms with van der Waals surface area (Å²) in [6, 6.07) is 0. The number of unbranched alkanes of at least 4 members (excludes halogenated alkanes) is 36. The zero-order chi connectivity index (χ0) is 45.8. The number of ether oxygens (including phenoxy) is 3. The van der Waals surface area contributed by atoms with E-state index in [9.17, 15) is 14.4 Å². The minimum absolute atomic E-state index is 0.0731. The standard InChI is InChI=1S/C57H106O6/c1-4-7-10-13-16-19-22-24-26-28-29-31-32-35-38-41-44-47-50-56(59)62-53-54(52-61-55(58)49-46-43-40-37-34-21-18-15-12-9-6-3)63-57(60)51-48-45-42-39-36-33-30-27-25-23-20-17-14-11-8-5-2/h15,18,27,30,54H,4-14,16-17,19-26,28-29,31-53H2,1-3H3/b18-15-,30-27-. The van der Waals surface area contributed by atoms with Crippen molar-refractivity contribution in [3.63, 3.8) is 0 Å². The molecule has 0 fully saturated rings. The topological polar surface area (TPSA) is 78.9 Å². The van der Waals surface area contributed by atoms with Crippen LogP contribution >= 0.6 is 0 Å². The summed E-state index contributed by atoms with van der Waals surface area (Å²) in [5.74, 6) is -0.875. The van der Waals surface area contributed by atoms with E-state index >= 15 is 0 Å². The van der Waals surface area contributed by atoms with E-state index in [4.69, 9.17) is 14.2 Å². The Morgan fingerprint density at radius 3 is 0.841 bits per heavy atom. The number of rotatable bonds is 51. The molecule has 0 aliphatic rings. The molecule has 0 aliphatic heterocycles. The molecule has 370 valence electrons. The fourth-order valence-corrected chi connectivity index (χ4v) is 8.18. The molecule has 0 saturated carbocycles. The van der Waals surface area contributed by atoms with Crippen molar-refractivity contribution in [2.24, 2.45) is 0 Å². The summed E-state index contributed by atoms with van der Waals surface area (Å²) in [5.41, 5.74) is 0. The lowest BCUT2D eigenvalue weighted by molar-refractivity contribution is -0.167. The average Bonchev–Trinajstić information content (AvgIpc) is 3.28. The van der Waals surface area contributed by atoms with Crippen LogP contribution < -0.4 is 0 Å². The maximum atomic E-state index is 12.8. The van der Waals surface area contributed by atoms with Gasteiger partial charge in [-0.05, 0) is 64.2 Å². The van der Waals surface area contributed by atoms with Gasteiger partial charge in [0.1, 0.15) is 13.2 Å². The van der Waals surface area contributed by atoms with E-state index in [1.54, 1.807) is 0 Å². The summed E-state index contributed by atoms with van der Waals surface area (Å²) >= 11 is 0. The van der Waals surface area contributed by atoms with E-state index in [-0.39, 0.29) is 31.1 Å². The fourth-order valence-electron chi connectivity index (χ4n) is 8.18. The third-order valence-corrected chi connectivity index (χ3v) is 12.4. The highest BCUT2D eigenvalue weighted by molar-refractivity contribution is 5.71. The second-order valence-electron chi connectivity index (χ2n) is 18.8. The minimum atomic E-state index is -0.774. The molecule has 0 aromatic rings. The van der Waals surface area contributed by atoms with Crippen molar-refractivity contribution in [1.82, 2.24) is 0 Å². The zero-order valence-corrected chi connectivity index (χ0v) is 42.4. The maximum absolute atomic E-state index is 12.8. The molecule has 6 heteroatoms. The van der Waals surface area contributed by atoms with Crippen molar-refractivity contribution in [1.29, 1.82) is 0 Å². The van der Waals surface area contributed by atoms with Crippen LogP contribution in [0.1, 0.15) is 303 Å². The van der Waals surface area contributed by atoms with Crippen molar-refractivity contribution >= 4 is 17.9 Å². The molecule has 1 atom stereocenters. The lowest BCUT2D eigenvalue weighted by Gasteiger charge is -2.18. The summed E-state index contributed by atoms with van der Waals surface area (Å²) in [7, 11) is 0. The maximum Gasteiger partial charge on any atom is 0.306 e. The van der Waals surface area contributed by atoms with Gasteiger partial charge in [0.2, 0.25) is 0 Å². The van der Waals surface area contributed by atoms with Crippen LogP contribution in [0.5, 0.6) is 0 Å². The Morgan fingerprint density at radius 2 is 0.540 bits per heavy atom. The molecule has 0 radical (unpaired) electrons. The van der Waals surface area contributed by atoms with Gasteiger partial charge in [-0.1, -0.05) is 244 Å². The van der Waals surface area contributed by atoms with Gasteiger partial charge in [0.05, 0.1) is 0 Å². The number of hydrogen-bond donors (Lipinski definition) is 0. The predicted molar refractivity (Wildman–Crippen MR) is 270 cm³/mol. The second-order valence-corrected chi connectivity index (χ2v) is 18.8. The Labute approximate surface area is 392 Å². The van der Waals surface area contributed by atoms with Gasteiger partial charge in [0.15, 0.2) is 6.10 Å². The van der Waals surface area contributed by atoms with E-state index < -0.39 is 6.10 Å². The van der Waals surface area contributed by atoms with Crippen LogP contribution in [-0.2, 0) is 28.6 Å². The lowest BCUT2D eigenvalue weighted by Crippen LogP contribution is -2.30. The third-order valence-electron chi connectivity index (χ3n) is 12.4. The number of carbonyl (C=O) groups is 3. The van der Waals surface area contributed by atoms with Crippen LogP contribution in [0.3, 0.4) is 0 Å². The Balaban J connectivity index is 4.30. The van der Waals surface area contributed by atoms with Gasteiger partial charge in [-0.2, -0.15) is 0 Å². The smallest absolute Gasteiger partial charge is 0.306 e. The first kappa shape index (κ1) is 60.9. The van der Waals surface area contributed by atoms with Gasteiger partial charge in [0.25, 0.3) is 0 Å². The van der Waals surface area contributed by atoms with Crippen molar-refractivity contribution in [3.8, 4) is 0 Å². The highest BCUT2D eigenvalue weighted by atomic mass is 16.6. The predicted octanol–water partition coefficient (Wildman–Crippen LogP) is 18.3. The molecule has 0 spiro atoms. The Kier molecular flexibility index (Phi) is 50.8. The molecule has 0 heterocycles. The van der Waals surface area contributed by atoms with Crippen molar-refractivity contribution in [2.75, 3.05) is 13.2 Å². The molecule has 1 unspecified atom stereocenters. The van der Waals surface area contributed by atoms with Gasteiger partial charge < -0.3 is 14.2 Å². The molecule has 0 N–H and O–H groups in total. The summed E-state index contributed by atoms with van der Waals surface area (Å²) in [6.07, 6.45) is 60.2. The molecular formula is C57H106O6. The van der Waals surface area contributed by atoms with E-state index in [1.165, 1.54) is 193 Å². The highest BCUT2D eigenvalue weighted by Gasteiger charge is 2.19. The fraction of sp³-hybridized carbons (Fsp3) is 0.877. The first-order valence-electron chi connectivity index (χ1n) is 27.8. The van der Waals surface area contributed by atoms with Crippen LogP contribution in [-0.4, -0.2) is 37.2 Å². The molecule has 0 saturated heterocycles. The highest BCUT2D eigenvalue weighted by Crippen LogP contribution is 2.16. The van der Waals surface area contributed by atoms with Gasteiger partial charge >= 0.3 is 17.9 Å². The number of hydrogen-bond acceptors (Lipinski definition) is 6. The van der Waals surface area contributed by atoms with Gasteiger partial charge in [-0.3, -0.25) is 14.4 Å². The first-order chi connectivity index (χ1) is 31.0. The van der Waals surface area contributed by atoms with Crippen molar-refractivity contribution < 1.29 is 28.6 Å². The SMILES string of the molecule is CCCC/C=C\CCCCCCCC(=O)OCC(COC(=O)CCCCCCCCCCCCCCCCCCCC)OC(=O)CCCCCCC/C=C\CCCCCCCCC. The molecule has 0 aromatic carbocycles. The summed E-state index contributed by atoms with van der Waals surface area (Å²) in [6.45, 7) is 6.62. The molecule has 6 nitrogen and oxygen atoms in total. The van der Waals surface area contributed by atoms with Crippen molar-refractivity contribution in [2.45, 2.75) is 309 Å². The normalized spacial score (nSPS) is 12.1. The summed E-state index contributed by atoms with van der Waals surface area (Å²) in [4.78, 5) is 38.0. The minimum Gasteiger partial charge on any atom is -0.462 e. The molecule has 0 aliphatic carbocycles. The van der Waals surface area contributed by atoms with Crippen LogP contribution in [0.2, 0.25) is 0 Å². The molecule has 0 aromatic heterocycles. The van der Waals surface area contributed by atoms with Gasteiger partial charge in [-0.15, -0.1) is 0 Å². The van der Waals surface area contributed by atoms with Gasteiger partial charge in [0, 0.05) is 19.3 Å². The number of allylic oxidation sites excluding steroid dienone is 4. The number of esters is 3. The number of carbonyl (C=O) groups excluding carboxylic acids is 3. The van der Waals surface area contributed by atoms with E-state index in [0.717, 1.165) is 70.6 Å². The molecule has 63 heavy (non-hydrogen) atoms. The lowest BCUT2D eigenvalue weighted by atomic mass is 10.0. The van der Waals surface area contributed by atoms with E-state index in [2.05, 4.69) is 45.1 Å². The molecule has 0 rings (SSSR count). The Morgan fingerprint density at radius 1 is 0.302 bits per heavy atom. The van der Waals surface area contributed by atoms with Gasteiger partial charge in [-0.25, -0.2) is 0 Å². The largest absolute Gasteiger partial charge is 0.462 e. The third kappa shape index (κ3) is 50.7. The second kappa shape index (κ2) is 52.5. The zero-order valence-electron chi connectivity index (χ0n) is 42.4. The van der Waals surface area contributed by atoms with Crippen LogP contribution in [0.15, 0.2) is 24.3 Å². The monoisotopic (exact) mass is 887 g/mol. The average molecular weight is 887 g/mol. The van der Waals surface area contributed by atoms with E-state index in [0.29, 0.717) is 19.3 Å². The summed E-state index contributed by atoms with van der Waals surface area (Å²) in [5, 5.41) is 0. The first-order valence-corrected chi connectivity index (χ1v) is 27.8. The van der Waals surface area contributed by atoms with Crippen LogP contribution in [0.25, 0.3) is 0 Å². The quantitative estimate of drug-likeness (QED) is 0.0262. The van der Waals surface area contributed by atoms with Crippen LogP contribution in [0, 0.1) is 0 Å². The van der Waals surface area contributed by atoms with Crippen LogP contribution in [0.4, 0.5) is 0 Å². The summed E-state index contributed by atoms with van der Waals surface area (Å²) < 4.78 is 16.8. The van der Waals surface area contributed by atoms with Crippen molar-refractivity contribution in [3.05, 3.63) is 24.3 Å². The Bertz CT molecular complexity index is 1020. The molecular weight excluding hydrogens is 781 g/mol. The van der Waals surface area contributed by atoms with E-state index in [1.807, 2.05) is 0 Å². The Hall–Kier alpha value is -2.11.